The predicted octanol–water partition coefficient (Wildman–Crippen LogP) is 4.19. The van der Waals surface area contributed by atoms with Crippen molar-refractivity contribution in [3.63, 3.8) is 0 Å². The average Bonchev–Trinajstić information content (AvgIpc) is 2.95. The summed E-state index contributed by atoms with van der Waals surface area (Å²) in [5, 5.41) is 15.4. The summed E-state index contributed by atoms with van der Waals surface area (Å²) in [5.41, 5.74) is 2.46. The Morgan fingerprint density at radius 1 is 0.838 bits per heavy atom. The summed E-state index contributed by atoms with van der Waals surface area (Å²) in [6.45, 7) is 6.52. The van der Waals surface area contributed by atoms with Gasteiger partial charge in [-0.15, -0.1) is 0 Å². The summed E-state index contributed by atoms with van der Waals surface area (Å²) in [5.74, 6) is 0.706. The highest BCUT2D eigenvalue weighted by Crippen LogP contribution is 2.34. The van der Waals surface area contributed by atoms with Gasteiger partial charge in [-0.3, -0.25) is 15.0 Å². The second-order valence-electron chi connectivity index (χ2n) is 9.73. The fraction of sp³-hybridized carbons (Fsp3) is 0.429. The van der Waals surface area contributed by atoms with Crippen molar-refractivity contribution >= 4 is 17.3 Å². The molecule has 1 N–H and O–H groups in total. The van der Waals surface area contributed by atoms with E-state index in [4.69, 9.17) is 0 Å². The lowest BCUT2D eigenvalue weighted by molar-refractivity contribution is -0.383. The van der Waals surface area contributed by atoms with Crippen LogP contribution in [0.25, 0.3) is 0 Å². The number of piperidine rings is 1. The maximum absolute atomic E-state index is 12.1. The van der Waals surface area contributed by atoms with Crippen molar-refractivity contribution in [2.75, 3.05) is 62.6 Å². The van der Waals surface area contributed by atoms with Crippen molar-refractivity contribution in [1.29, 1.82) is 0 Å². The third-order valence-corrected chi connectivity index (χ3v) is 7.36. The number of hydrogen-bond acceptors (Lipinski definition) is 8. The highest BCUT2D eigenvalue weighted by atomic mass is 16.6. The number of aromatic nitrogens is 2. The van der Waals surface area contributed by atoms with E-state index in [0.29, 0.717) is 31.3 Å². The average molecular weight is 502 g/mol. The van der Waals surface area contributed by atoms with Crippen molar-refractivity contribution in [3.05, 3.63) is 88.2 Å². The van der Waals surface area contributed by atoms with E-state index in [2.05, 4.69) is 73.6 Å². The van der Waals surface area contributed by atoms with E-state index in [1.165, 1.54) is 36.7 Å². The van der Waals surface area contributed by atoms with Gasteiger partial charge in [-0.2, -0.15) is 0 Å². The Morgan fingerprint density at radius 2 is 1.46 bits per heavy atom. The quantitative estimate of drug-likeness (QED) is 0.345. The molecule has 0 spiro atoms. The lowest BCUT2D eigenvalue weighted by Gasteiger charge is -2.40. The van der Waals surface area contributed by atoms with Gasteiger partial charge in [0.1, 0.15) is 6.33 Å². The SMILES string of the molecule is O=[N+]([O-])c1c(NCCN2CCCCC2)ncnc1N1CCN(C(c2ccccc2)c2ccccc2)CC1. The Morgan fingerprint density at radius 3 is 2.05 bits per heavy atom. The summed E-state index contributed by atoms with van der Waals surface area (Å²) >= 11 is 0. The van der Waals surface area contributed by atoms with Gasteiger partial charge in [-0.1, -0.05) is 67.1 Å². The largest absolute Gasteiger partial charge is 0.363 e. The highest BCUT2D eigenvalue weighted by molar-refractivity contribution is 5.70. The van der Waals surface area contributed by atoms with Crippen LogP contribution in [0.3, 0.4) is 0 Å². The van der Waals surface area contributed by atoms with E-state index >= 15 is 0 Å². The summed E-state index contributed by atoms with van der Waals surface area (Å²) < 4.78 is 0. The van der Waals surface area contributed by atoms with Crippen molar-refractivity contribution in [3.8, 4) is 0 Å². The minimum atomic E-state index is -0.346. The van der Waals surface area contributed by atoms with Gasteiger partial charge in [0.25, 0.3) is 0 Å². The molecule has 9 heteroatoms. The Bertz CT molecular complexity index is 1110. The molecule has 1 aromatic heterocycles. The topological polar surface area (TPSA) is 90.7 Å². The molecular formula is C28H35N7O2. The standard InChI is InChI=1S/C28H35N7O2/c36-35(37)26-27(29-14-17-32-15-8-3-9-16-32)30-22-31-28(26)34-20-18-33(19-21-34)25(23-10-4-1-5-11-23)24-12-6-2-7-13-24/h1-2,4-7,10-13,22,25H,3,8-9,14-21H2,(H,29,30,31). The predicted molar refractivity (Wildman–Crippen MR) is 146 cm³/mol. The smallest absolute Gasteiger partial charge is 0.353 e. The number of anilines is 2. The summed E-state index contributed by atoms with van der Waals surface area (Å²) in [4.78, 5) is 27.3. The number of nitrogens with one attached hydrogen (secondary N) is 1. The molecule has 194 valence electrons. The first-order chi connectivity index (χ1) is 18.2. The first-order valence-corrected chi connectivity index (χ1v) is 13.3. The molecule has 0 radical (unpaired) electrons. The zero-order valence-corrected chi connectivity index (χ0v) is 21.2. The van der Waals surface area contributed by atoms with Gasteiger partial charge in [0.2, 0.25) is 11.6 Å². The van der Waals surface area contributed by atoms with Gasteiger partial charge >= 0.3 is 5.69 Å². The maximum Gasteiger partial charge on any atom is 0.353 e. The zero-order valence-electron chi connectivity index (χ0n) is 21.2. The molecule has 3 heterocycles. The molecule has 2 aliphatic heterocycles. The van der Waals surface area contributed by atoms with Gasteiger partial charge in [-0.05, 0) is 37.1 Å². The molecule has 0 unspecified atom stereocenters. The Labute approximate surface area is 218 Å². The normalized spacial score (nSPS) is 17.2. The van der Waals surface area contributed by atoms with Crippen LogP contribution in [-0.2, 0) is 0 Å². The molecule has 0 saturated carbocycles. The summed E-state index contributed by atoms with van der Waals surface area (Å²) in [7, 11) is 0. The molecule has 0 amide bonds. The van der Waals surface area contributed by atoms with Crippen LogP contribution in [-0.4, -0.2) is 77.0 Å². The minimum Gasteiger partial charge on any atom is -0.363 e. The van der Waals surface area contributed by atoms with Crippen LogP contribution in [0.2, 0.25) is 0 Å². The lowest BCUT2D eigenvalue weighted by Crippen LogP contribution is -2.48. The second kappa shape index (κ2) is 12.1. The number of rotatable bonds is 9. The van der Waals surface area contributed by atoms with E-state index in [9.17, 15) is 10.1 Å². The van der Waals surface area contributed by atoms with Crippen LogP contribution in [0, 0.1) is 10.1 Å². The van der Waals surface area contributed by atoms with Crippen LogP contribution < -0.4 is 10.2 Å². The number of hydrogen-bond donors (Lipinski definition) is 1. The molecule has 0 aliphatic carbocycles. The Kier molecular flexibility index (Phi) is 8.22. The third kappa shape index (κ3) is 6.06. The van der Waals surface area contributed by atoms with E-state index in [1.807, 2.05) is 17.0 Å². The van der Waals surface area contributed by atoms with Crippen molar-refractivity contribution < 1.29 is 4.92 Å². The van der Waals surface area contributed by atoms with E-state index in [0.717, 1.165) is 32.7 Å². The van der Waals surface area contributed by atoms with E-state index in [-0.39, 0.29) is 16.7 Å². The third-order valence-electron chi connectivity index (χ3n) is 7.36. The molecule has 2 aliphatic rings. The molecule has 3 aromatic rings. The molecule has 2 fully saturated rings. The Hall–Kier alpha value is -3.56. The van der Waals surface area contributed by atoms with E-state index < -0.39 is 0 Å². The number of nitro groups is 1. The van der Waals surface area contributed by atoms with Crippen LogP contribution >= 0.6 is 0 Å². The highest BCUT2D eigenvalue weighted by Gasteiger charge is 2.32. The van der Waals surface area contributed by atoms with Crippen LogP contribution in [0.15, 0.2) is 67.0 Å². The second-order valence-corrected chi connectivity index (χ2v) is 9.73. The van der Waals surface area contributed by atoms with Crippen molar-refractivity contribution in [1.82, 2.24) is 19.8 Å². The van der Waals surface area contributed by atoms with Crippen LogP contribution in [0.5, 0.6) is 0 Å². The molecule has 0 bridgehead atoms. The number of nitrogens with zero attached hydrogens (tertiary/aromatic N) is 6. The number of benzene rings is 2. The first kappa shape index (κ1) is 25.1. The van der Waals surface area contributed by atoms with Gasteiger partial charge in [0, 0.05) is 39.3 Å². The molecule has 37 heavy (non-hydrogen) atoms. The molecule has 5 rings (SSSR count). The monoisotopic (exact) mass is 501 g/mol. The number of piperazine rings is 1. The summed E-state index contributed by atoms with van der Waals surface area (Å²) in [6.07, 6.45) is 5.17. The molecule has 2 saturated heterocycles. The van der Waals surface area contributed by atoms with Crippen molar-refractivity contribution in [2.45, 2.75) is 25.3 Å². The fourth-order valence-electron chi connectivity index (χ4n) is 5.49. The Balaban J connectivity index is 1.29. The van der Waals surface area contributed by atoms with Crippen LogP contribution in [0.1, 0.15) is 36.4 Å². The van der Waals surface area contributed by atoms with Crippen LogP contribution in [0.4, 0.5) is 17.3 Å². The van der Waals surface area contributed by atoms with E-state index in [1.54, 1.807) is 0 Å². The number of likely N-dealkylation sites (tertiary alicyclic amines) is 1. The van der Waals surface area contributed by atoms with Gasteiger partial charge < -0.3 is 15.1 Å². The van der Waals surface area contributed by atoms with Gasteiger partial charge in [-0.25, -0.2) is 9.97 Å². The van der Waals surface area contributed by atoms with Gasteiger partial charge in [0.15, 0.2) is 0 Å². The zero-order chi connectivity index (χ0) is 25.5. The molecule has 2 aromatic carbocycles. The summed E-state index contributed by atoms with van der Waals surface area (Å²) in [6, 6.07) is 21.2. The maximum atomic E-state index is 12.1. The van der Waals surface area contributed by atoms with Crippen molar-refractivity contribution in [2.24, 2.45) is 0 Å². The lowest BCUT2D eigenvalue weighted by atomic mass is 9.96. The van der Waals surface area contributed by atoms with Gasteiger partial charge in [0.05, 0.1) is 11.0 Å². The molecule has 0 atom stereocenters. The minimum absolute atomic E-state index is 0.0303. The molecule has 9 nitrogen and oxygen atoms in total. The first-order valence-electron chi connectivity index (χ1n) is 13.3. The molecular weight excluding hydrogens is 466 g/mol. The fourth-order valence-corrected chi connectivity index (χ4v) is 5.49.